The van der Waals surface area contributed by atoms with Gasteiger partial charge in [-0.3, -0.25) is 9.59 Å². The molecular weight excluding hydrogens is 350 g/mol. The lowest BCUT2D eigenvalue weighted by atomic mass is 10.1. The third kappa shape index (κ3) is 4.86. The van der Waals surface area contributed by atoms with E-state index in [1.54, 1.807) is 16.7 Å². The molecular formula is C20H21NO4S. The van der Waals surface area contributed by atoms with Crippen molar-refractivity contribution in [1.82, 2.24) is 4.90 Å². The smallest absolute Gasteiger partial charge is 0.305 e. The first-order valence-corrected chi connectivity index (χ1v) is 9.49. The van der Waals surface area contributed by atoms with Crippen LogP contribution in [0.25, 0.3) is 0 Å². The van der Waals surface area contributed by atoms with Crippen LogP contribution in [0.15, 0.2) is 59.5 Å². The zero-order valence-electron chi connectivity index (χ0n) is 14.3. The predicted molar refractivity (Wildman–Crippen MR) is 100 cm³/mol. The first-order valence-electron chi connectivity index (χ1n) is 8.51. The summed E-state index contributed by atoms with van der Waals surface area (Å²) in [6.45, 7) is 1.12. The van der Waals surface area contributed by atoms with Crippen LogP contribution in [0.3, 0.4) is 0 Å². The maximum atomic E-state index is 12.8. The fourth-order valence-electron chi connectivity index (χ4n) is 2.89. The summed E-state index contributed by atoms with van der Waals surface area (Å²) in [7, 11) is 0. The molecule has 0 saturated carbocycles. The van der Waals surface area contributed by atoms with Crippen molar-refractivity contribution in [2.45, 2.75) is 23.1 Å². The summed E-state index contributed by atoms with van der Waals surface area (Å²) in [5.74, 6) is -0.191. The van der Waals surface area contributed by atoms with E-state index in [0.717, 1.165) is 10.6 Å². The van der Waals surface area contributed by atoms with E-state index in [9.17, 15) is 9.59 Å². The highest BCUT2D eigenvalue weighted by Crippen LogP contribution is 2.24. The van der Waals surface area contributed by atoms with E-state index >= 15 is 0 Å². The topological polar surface area (TPSA) is 66.8 Å². The van der Waals surface area contributed by atoms with Crippen molar-refractivity contribution in [1.29, 1.82) is 0 Å². The number of carboxylic acid groups (broad SMARTS) is 1. The molecule has 3 rings (SSSR count). The largest absolute Gasteiger partial charge is 0.481 e. The summed E-state index contributed by atoms with van der Waals surface area (Å²) in [5.41, 5.74) is 1.83. The zero-order valence-corrected chi connectivity index (χ0v) is 15.2. The summed E-state index contributed by atoms with van der Waals surface area (Å²) < 4.78 is 5.33. The maximum Gasteiger partial charge on any atom is 0.305 e. The Morgan fingerprint density at radius 1 is 1.12 bits per heavy atom. The zero-order chi connectivity index (χ0) is 18.4. The molecule has 0 aromatic heterocycles. The Bertz CT molecular complexity index is 748. The van der Waals surface area contributed by atoms with Gasteiger partial charge in [0, 0.05) is 22.8 Å². The fourth-order valence-corrected chi connectivity index (χ4v) is 3.75. The van der Waals surface area contributed by atoms with E-state index < -0.39 is 12.0 Å². The number of benzene rings is 2. The van der Waals surface area contributed by atoms with Crippen molar-refractivity contribution in [3.05, 3.63) is 65.7 Å². The molecule has 1 unspecified atom stereocenters. The first kappa shape index (κ1) is 18.5. The molecule has 1 fully saturated rings. The van der Waals surface area contributed by atoms with Crippen molar-refractivity contribution in [2.75, 3.05) is 19.8 Å². The number of carbonyl (C=O) groups excluding carboxylic acids is 1. The Kier molecular flexibility index (Phi) is 6.30. The van der Waals surface area contributed by atoms with Gasteiger partial charge in [-0.2, -0.15) is 0 Å². The highest BCUT2D eigenvalue weighted by molar-refractivity contribution is 7.98. The average Bonchev–Trinajstić information content (AvgIpc) is 2.67. The molecule has 2 aromatic rings. The molecule has 6 heteroatoms. The normalized spacial score (nSPS) is 17.1. The number of hydrogen-bond acceptors (Lipinski definition) is 4. The number of aliphatic carboxylic acids is 1. The first-order chi connectivity index (χ1) is 12.6. The van der Waals surface area contributed by atoms with E-state index in [-0.39, 0.29) is 18.9 Å². The number of carboxylic acids is 1. The number of hydrogen-bond donors (Lipinski definition) is 1. The molecule has 1 aliphatic rings. The standard InChI is InChI=1S/C20H21NO4S/c22-19(23)12-17-13-25-11-10-21(17)20(24)16-6-8-18(9-7-16)26-14-15-4-2-1-3-5-15/h1-9,17H,10-14H2,(H,22,23). The minimum Gasteiger partial charge on any atom is -0.481 e. The Hall–Kier alpha value is -2.31. The number of amides is 1. The van der Waals surface area contributed by atoms with Gasteiger partial charge in [0.15, 0.2) is 0 Å². The molecule has 1 N–H and O–H groups in total. The van der Waals surface area contributed by atoms with Crippen molar-refractivity contribution >= 4 is 23.6 Å². The molecule has 1 aliphatic heterocycles. The lowest BCUT2D eigenvalue weighted by Crippen LogP contribution is -2.49. The SMILES string of the molecule is O=C(O)CC1COCCN1C(=O)c1ccc(SCc2ccccc2)cc1. The van der Waals surface area contributed by atoms with Crippen LogP contribution in [0.5, 0.6) is 0 Å². The molecule has 1 saturated heterocycles. The molecule has 0 aliphatic carbocycles. The molecule has 5 nitrogen and oxygen atoms in total. The molecule has 1 heterocycles. The predicted octanol–water partition coefficient (Wildman–Crippen LogP) is 3.29. The molecule has 1 amide bonds. The van der Waals surface area contributed by atoms with Crippen LogP contribution in [-0.2, 0) is 15.3 Å². The summed E-state index contributed by atoms with van der Waals surface area (Å²) >= 11 is 1.72. The Balaban J connectivity index is 1.63. The second-order valence-electron chi connectivity index (χ2n) is 6.12. The lowest BCUT2D eigenvalue weighted by molar-refractivity contribution is -0.139. The van der Waals surface area contributed by atoms with Crippen LogP contribution < -0.4 is 0 Å². The molecule has 0 spiro atoms. The minimum absolute atomic E-state index is 0.100. The van der Waals surface area contributed by atoms with Crippen LogP contribution in [-0.4, -0.2) is 47.7 Å². The number of morpholine rings is 1. The summed E-state index contributed by atoms with van der Waals surface area (Å²) in [6.07, 6.45) is -0.100. The second kappa shape index (κ2) is 8.87. The van der Waals surface area contributed by atoms with Gasteiger partial charge < -0.3 is 14.7 Å². The van der Waals surface area contributed by atoms with Gasteiger partial charge in [0.1, 0.15) is 0 Å². The fraction of sp³-hybridized carbons (Fsp3) is 0.300. The molecule has 1 atom stereocenters. The number of rotatable bonds is 6. The van der Waals surface area contributed by atoms with Gasteiger partial charge in [0.25, 0.3) is 5.91 Å². The highest BCUT2D eigenvalue weighted by Gasteiger charge is 2.29. The van der Waals surface area contributed by atoms with Crippen LogP contribution in [0.2, 0.25) is 0 Å². The van der Waals surface area contributed by atoms with E-state index in [1.807, 2.05) is 42.5 Å². The van der Waals surface area contributed by atoms with E-state index in [4.69, 9.17) is 9.84 Å². The van der Waals surface area contributed by atoms with Gasteiger partial charge in [0.2, 0.25) is 0 Å². The third-order valence-corrected chi connectivity index (χ3v) is 5.33. The van der Waals surface area contributed by atoms with Gasteiger partial charge in [-0.25, -0.2) is 0 Å². The average molecular weight is 371 g/mol. The van der Waals surface area contributed by atoms with E-state index in [2.05, 4.69) is 12.1 Å². The highest BCUT2D eigenvalue weighted by atomic mass is 32.2. The molecule has 2 aromatic carbocycles. The third-order valence-electron chi connectivity index (χ3n) is 4.25. The summed E-state index contributed by atoms with van der Waals surface area (Å²) in [5, 5.41) is 9.03. The van der Waals surface area contributed by atoms with Crippen molar-refractivity contribution in [3.63, 3.8) is 0 Å². The Labute approximate surface area is 157 Å². The van der Waals surface area contributed by atoms with Gasteiger partial charge >= 0.3 is 5.97 Å². The van der Waals surface area contributed by atoms with Crippen LogP contribution >= 0.6 is 11.8 Å². The minimum atomic E-state index is -0.925. The van der Waals surface area contributed by atoms with Gasteiger partial charge in [-0.1, -0.05) is 30.3 Å². The van der Waals surface area contributed by atoms with Gasteiger partial charge in [-0.05, 0) is 29.8 Å². The van der Waals surface area contributed by atoms with Crippen LogP contribution in [0.1, 0.15) is 22.3 Å². The molecule has 0 radical (unpaired) electrons. The summed E-state index contributed by atoms with van der Waals surface area (Å²) in [4.78, 5) is 26.5. The maximum absolute atomic E-state index is 12.8. The van der Waals surface area contributed by atoms with Crippen molar-refractivity contribution in [2.24, 2.45) is 0 Å². The molecule has 136 valence electrons. The van der Waals surface area contributed by atoms with Gasteiger partial charge in [-0.15, -0.1) is 11.8 Å². The summed E-state index contributed by atoms with van der Waals surface area (Å²) in [6, 6.07) is 17.3. The number of ether oxygens (including phenoxy) is 1. The van der Waals surface area contributed by atoms with Crippen molar-refractivity contribution in [3.8, 4) is 0 Å². The van der Waals surface area contributed by atoms with E-state index in [0.29, 0.717) is 18.7 Å². The quantitative estimate of drug-likeness (QED) is 0.789. The van der Waals surface area contributed by atoms with Crippen LogP contribution in [0, 0.1) is 0 Å². The molecule has 26 heavy (non-hydrogen) atoms. The Morgan fingerprint density at radius 3 is 2.54 bits per heavy atom. The number of thioether (sulfide) groups is 1. The number of nitrogens with zero attached hydrogens (tertiary/aromatic N) is 1. The Morgan fingerprint density at radius 2 is 1.85 bits per heavy atom. The van der Waals surface area contributed by atoms with E-state index in [1.165, 1.54) is 5.56 Å². The monoisotopic (exact) mass is 371 g/mol. The molecule has 0 bridgehead atoms. The lowest BCUT2D eigenvalue weighted by Gasteiger charge is -2.34. The number of carbonyl (C=O) groups is 2. The second-order valence-corrected chi connectivity index (χ2v) is 7.17. The van der Waals surface area contributed by atoms with Crippen LogP contribution in [0.4, 0.5) is 0 Å². The van der Waals surface area contributed by atoms with Crippen molar-refractivity contribution < 1.29 is 19.4 Å². The van der Waals surface area contributed by atoms with Gasteiger partial charge in [0.05, 0.1) is 25.7 Å².